The number of ether oxygens (including phenoxy) is 1. The van der Waals surface area contributed by atoms with Gasteiger partial charge in [0.05, 0.1) is 24.3 Å². The molecule has 0 aliphatic heterocycles. The summed E-state index contributed by atoms with van der Waals surface area (Å²) in [6.45, 7) is 5.61. The Morgan fingerprint density at radius 2 is 1.97 bits per heavy atom. The van der Waals surface area contributed by atoms with Gasteiger partial charge in [-0.1, -0.05) is 17.7 Å². The molecule has 7 nitrogen and oxygen atoms in total. The lowest BCUT2D eigenvalue weighted by atomic mass is 10.1. The molecule has 160 valence electrons. The minimum absolute atomic E-state index is 0.0284. The number of nitrogens with one attached hydrogen (secondary N) is 1. The number of benzene rings is 1. The van der Waals surface area contributed by atoms with E-state index in [4.69, 9.17) is 20.8 Å². The zero-order valence-corrected chi connectivity index (χ0v) is 18.5. The summed E-state index contributed by atoms with van der Waals surface area (Å²) in [5, 5.41) is 0.327. The molecule has 1 aromatic carbocycles. The maximum Gasteiger partial charge on any atom is 0.355 e. The first kappa shape index (κ1) is 22.1. The van der Waals surface area contributed by atoms with Crippen molar-refractivity contribution in [1.29, 1.82) is 0 Å². The third-order valence-corrected chi connectivity index (χ3v) is 6.78. The number of hydrogen-bond donors (Lipinski definition) is 1. The lowest BCUT2D eigenvalue weighted by Gasteiger charge is -2.22. The Hall–Kier alpha value is -2.55. The van der Waals surface area contributed by atoms with Crippen molar-refractivity contribution in [2.45, 2.75) is 38.8 Å². The van der Waals surface area contributed by atoms with Crippen LogP contribution in [0.4, 0.5) is 0 Å². The van der Waals surface area contributed by atoms with Gasteiger partial charge in [0, 0.05) is 17.3 Å². The summed E-state index contributed by atoms with van der Waals surface area (Å²) < 4.78 is 38.6. The Morgan fingerprint density at radius 3 is 2.60 bits per heavy atom. The number of nitrogens with zero attached hydrogens (tertiary/aromatic N) is 1. The summed E-state index contributed by atoms with van der Waals surface area (Å²) in [5.74, 6) is 0.0247. The molecule has 0 saturated heterocycles. The molecule has 9 heteroatoms. The number of H-pyrrole nitrogens is 1. The van der Waals surface area contributed by atoms with Crippen LogP contribution in [0.25, 0.3) is 0 Å². The van der Waals surface area contributed by atoms with Crippen molar-refractivity contribution in [3.63, 3.8) is 0 Å². The summed E-state index contributed by atoms with van der Waals surface area (Å²) >= 11 is 6.02. The van der Waals surface area contributed by atoms with Crippen molar-refractivity contribution in [2.24, 2.45) is 0 Å². The number of aromatic nitrogens is 1. The molecule has 0 radical (unpaired) electrons. The van der Waals surface area contributed by atoms with E-state index in [9.17, 15) is 13.2 Å². The number of aryl methyl sites for hydroxylation is 1. The van der Waals surface area contributed by atoms with Crippen LogP contribution in [0, 0.1) is 13.8 Å². The lowest BCUT2D eigenvalue weighted by Crippen LogP contribution is -2.30. The van der Waals surface area contributed by atoms with Crippen molar-refractivity contribution in [3.05, 3.63) is 76.0 Å². The molecule has 0 unspecified atom stereocenters. The number of rotatable bonds is 8. The Balaban J connectivity index is 2.01. The van der Waals surface area contributed by atoms with E-state index >= 15 is 0 Å². The highest BCUT2D eigenvalue weighted by Crippen LogP contribution is 2.27. The predicted molar refractivity (Wildman–Crippen MR) is 113 cm³/mol. The third kappa shape index (κ3) is 4.61. The van der Waals surface area contributed by atoms with Crippen LogP contribution in [0.1, 0.15) is 40.0 Å². The van der Waals surface area contributed by atoms with E-state index < -0.39 is 16.0 Å². The van der Waals surface area contributed by atoms with Crippen LogP contribution < -0.4 is 0 Å². The Kier molecular flexibility index (Phi) is 6.70. The van der Waals surface area contributed by atoms with Crippen LogP contribution in [0.3, 0.4) is 0 Å². The number of furan rings is 1. The molecule has 0 saturated carbocycles. The first-order chi connectivity index (χ1) is 14.2. The minimum atomic E-state index is -3.89. The molecule has 2 heterocycles. The number of halogens is 1. The van der Waals surface area contributed by atoms with Crippen LogP contribution in [-0.4, -0.2) is 30.3 Å². The summed E-state index contributed by atoms with van der Waals surface area (Å²) in [6, 6.07) is 9.52. The molecule has 3 aromatic rings. The van der Waals surface area contributed by atoms with Gasteiger partial charge in [-0.05, 0) is 62.2 Å². The van der Waals surface area contributed by atoms with E-state index in [2.05, 4.69) is 4.98 Å². The fourth-order valence-corrected chi connectivity index (χ4v) is 4.86. The highest BCUT2D eigenvalue weighted by Gasteiger charge is 2.29. The van der Waals surface area contributed by atoms with Gasteiger partial charge in [0.1, 0.15) is 11.5 Å². The Labute approximate surface area is 180 Å². The van der Waals surface area contributed by atoms with Crippen LogP contribution in [0.15, 0.2) is 52.0 Å². The molecule has 0 amide bonds. The molecular weight excluding hydrogens is 428 g/mol. The molecule has 0 atom stereocenters. The number of carbonyl (C=O) groups excluding carboxylic acids is 1. The highest BCUT2D eigenvalue weighted by atomic mass is 35.5. The van der Waals surface area contributed by atoms with E-state index in [0.717, 1.165) is 0 Å². The van der Waals surface area contributed by atoms with Gasteiger partial charge >= 0.3 is 5.97 Å². The fraction of sp³-hybridized carbons (Fsp3) is 0.286. The first-order valence-electron chi connectivity index (χ1n) is 9.37. The molecule has 0 spiro atoms. The number of hydrogen-bond acceptors (Lipinski definition) is 5. The zero-order valence-electron chi connectivity index (χ0n) is 16.9. The predicted octanol–water partition coefficient (Wildman–Crippen LogP) is 4.45. The third-order valence-electron chi connectivity index (χ3n) is 4.75. The first-order valence-corrected chi connectivity index (χ1v) is 11.2. The van der Waals surface area contributed by atoms with E-state index in [-0.39, 0.29) is 24.6 Å². The Morgan fingerprint density at radius 1 is 1.20 bits per heavy atom. The maximum absolute atomic E-state index is 13.4. The van der Waals surface area contributed by atoms with Crippen molar-refractivity contribution in [1.82, 2.24) is 9.29 Å². The lowest BCUT2D eigenvalue weighted by molar-refractivity contribution is 0.0519. The maximum atomic E-state index is 13.4. The number of esters is 1. The SMILES string of the molecule is CCOC(=O)c1[nH]c(C)c(CN(Cc2ccco2)S(=O)(=O)c2cccc(Cl)c2)c1C. The quantitative estimate of drug-likeness (QED) is 0.512. The van der Waals surface area contributed by atoms with Crippen molar-refractivity contribution in [2.75, 3.05) is 6.61 Å². The molecule has 0 fully saturated rings. The molecular formula is C21H23ClN2O5S. The summed E-state index contributed by atoms with van der Waals surface area (Å²) in [4.78, 5) is 15.3. The van der Waals surface area contributed by atoms with E-state index in [0.29, 0.717) is 33.3 Å². The monoisotopic (exact) mass is 450 g/mol. The van der Waals surface area contributed by atoms with E-state index in [1.807, 2.05) is 0 Å². The van der Waals surface area contributed by atoms with Crippen molar-refractivity contribution < 1.29 is 22.4 Å². The molecule has 0 bridgehead atoms. The van der Waals surface area contributed by atoms with Gasteiger partial charge in [-0.15, -0.1) is 0 Å². The fourth-order valence-electron chi connectivity index (χ4n) is 3.19. The zero-order chi connectivity index (χ0) is 21.9. The highest BCUT2D eigenvalue weighted by molar-refractivity contribution is 7.89. The molecule has 0 aliphatic rings. The molecule has 30 heavy (non-hydrogen) atoms. The van der Waals surface area contributed by atoms with Crippen LogP contribution >= 0.6 is 11.6 Å². The summed E-state index contributed by atoms with van der Waals surface area (Å²) in [6.07, 6.45) is 1.49. The average molecular weight is 451 g/mol. The van der Waals surface area contributed by atoms with Gasteiger partial charge in [-0.2, -0.15) is 4.31 Å². The van der Waals surface area contributed by atoms with E-state index in [1.165, 1.54) is 22.7 Å². The van der Waals surface area contributed by atoms with Gasteiger partial charge in [0.25, 0.3) is 0 Å². The van der Waals surface area contributed by atoms with E-state index in [1.54, 1.807) is 45.0 Å². The van der Waals surface area contributed by atoms with Crippen molar-refractivity contribution >= 4 is 27.6 Å². The topological polar surface area (TPSA) is 92.6 Å². The van der Waals surface area contributed by atoms with Gasteiger partial charge in [-0.25, -0.2) is 13.2 Å². The largest absolute Gasteiger partial charge is 0.468 e. The second kappa shape index (κ2) is 9.07. The molecule has 3 rings (SSSR count). The second-order valence-electron chi connectivity index (χ2n) is 6.76. The minimum Gasteiger partial charge on any atom is -0.468 e. The van der Waals surface area contributed by atoms with Crippen molar-refractivity contribution in [3.8, 4) is 0 Å². The van der Waals surface area contributed by atoms with Crippen LogP contribution in [0.5, 0.6) is 0 Å². The standard InChI is InChI=1S/C21H23ClN2O5S/c1-4-28-21(25)20-14(2)19(15(3)23-20)13-24(12-17-8-6-10-29-17)30(26,27)18-9-5-7-16(22)11-18/h5-11,23H,4,12-13H2,1-3H3. The summed E-state index contributed by atoms with van der Waals surface area (Å²) in [5.41, 5.74) is 2.37. The molecule has 1 N–H and O–H groups in total. The summed E-state index contributed by atoms with van der Waals surface area (Å²) in [7, 11) is -3.89. The van der Waals surface area contributed by atoms with Gasteiger partial charge in [-0.3, -0.25) is 0 Å². The number of sulfonamides is 1. The molecule has 0 aliphatic carbocycles. The second-order valence-corrected chi connectivity index (χ2v) is 9.13. The number of aromatic amines is 1. The smallest absolute Gasteiger partial charge is 0.355 e. The Bertz CT molecular complexity index is 1140. The van der Waals surface area contributed by atoms with Gasteiger partial charge < -0.3 is 14.1 Å². The molecule has 2 aromatic heterocycles. The van der Waals surface area contributed by atoms with Crippen LogP contribution in [-0.2, 0) is 27.8 Å². The van der Waals surface area contributed by atoms with Gasteiger partial charge in [0.2, 0.25) is 10.0 Å². The number of carbonyl (C=O) groups is 1. The van der Waals surface area contributed by atoms with Crippen LogP contribution in [0.2, 0.25) is 5.02 Å². The average Bonchev–Trinajstić information content (AvgIpc) is 3.31. The van der Waals surface area contributed by atoms with Gasteiger partial charge in [0.15, 0.2) is 0 Å². The normalized spacial score (nSPS) is 11.8.